The summed E-state index contributed by atoms with van der Waals surface area (Å²) in [5.41, 5.74) is 1.34. The SMILES string of the molecule is COCCOCOc1c(P(OC)c2cc(Cl)cc(C(C)(C)C)c2OCOCCOC)cc(Cl)cc1C(C)(C)C. The van der Waals surface area contributed by atoms with Crippen molar-refractivity contribution in [3.05, 3.63) is 45.4 Å². The molecule has 2 aromatic rings. The van der Waals surface area contributed by atoms with E-state index in [0.29, 0.717) is 48.0 Å². The van der Waals surface area contributed by atoms with Crippen LogP contribution in [0.3, 0.4) is 0 Å². The molecular formula is C29H43Cl2O7P. The molecule has 220 valence electrons. The second-order valence-corrected chi connectivity index (χ2v) is 13.7. The van der Waals surface area contributed by atoms with E-state index in [0.717, 1.165) is 21.7 Å². The third-order valence-corrected chi connectivity index (χ3v) is 8.08. The Balaban J connectivity index is 2.69. The van der Waals surface area contributed by atoms with Crippen LogP contribution >= 0.6 is 31.4 Å². The van der Waals surface area contributed by atoms with Gasteiger partial charge in [0.1, 0.15) is 11.5 Å². The maximum Gasteiger partial charge on any atom is 0.189 e. The average molecular weight is 606 g/mol. The highest BCUT2D eigenvalue weighted by Gasteiger charge is 2.32. The number of benzene rings is 2. The van der Waals surface area contributed by atoms with Crippen LogP contribution in [0, 0.1) is 0 Å². The second kappa shape index (κ2) is 15.7. The second-order valence-electron chi connectivity index (χ2n) is 10.9. The normalized spacial score (nSPS) is 12.3. The predicted octanol–water partition coefficient (Wildman–Crippen LogP) is 6.58. The van der Waals surface area contributed by atoms with Crippen LogP contribution in [0.15, 0.2) is 24.3 Å². The number of hydrogen-bond acceptors (Lipinski definition) is 7. The lowest BCUT2D eigenvalue weighted by Gasteiger charge is -2.30. The maximum absolute atomic E-state index is 6.69. The molecule has 0 aromatic heterocycles. The summed E-state index contributed by atoms with van der Waals surface area (Å²) >= 11 is 13.4. The Labute approximate surface area is 245 Å². The van der Waals surface area contributed by atoms with Crippen molar-refractivity contribution in [2.24, 2.45) is 0 Å². The van der Waals surface area contributed by atoms with Crippen LogP contribution in [0.5, 0.6) is 11.5 Å². The Morgan fingerprint density at radius 1 is 0.615 bits per heavy atom. The summed E-state index contributed by atoms with van der Waals surface area (Å²) in [6, 6.07) is 7.62. The first-order chi connectivity index (χ1) is 18.3. The fourth-order valence-corrected chi connectivity index (χ4v) is 6.30. The van der Waals surface area contributed by atoms with Crippen molar-refractivity contribution in [3.63, 3.8) is 0 Å². The summed E-state index contributed by atoms with van der Waals surface area (Å²) < 4.78 is 40.2. The van der Waals surface area contributed by atoms with E-state index in [-0.39, 0.29) is 24.4 Å². The Morgan fingerprint density at radius 3 is 1.31 bits per heavy atom. The van der Waals surface area contributed by atoms with Crippen molar-refractivity contribution in [3.8, 4) is 11.5 Å². The minimum atomic E-state index is -1.48. The first kappa shape index (κ1) is 34.1. The van der Waals surface area contributed by atoms with Crippen molar-refractivity contribution >= 4 is 42.0 Å². The molecule has 0 fully saturated rings. The molecule has 0 bridgehead atoms. The lowest BCUT2D eigenvalue weighted by Crippen LogP contribution is -2.26. The molecule has 0 atom stereocenters. The molecule has 0 saturated carbocycles. The molecule has 39 heavy (non-hydrogen) atoms. The smallest absolute Gasteiger partial charge is 0.189 e. The van der Waals surface area contributed by atoms with Crippen LogP contribution in [0.2, 0.25) is 10.0 Å². The van der Waals surface area contributed by atoms with Crippen molar-refractivity contribution < 1.29 is 32.9 Å². The van der Waals surface area contributed by atoms with Crippen molar-refractivity contribution in [1.82, 2.24) is 0 Å². The van der Waals surface area contributed by atoms with E-state index in [9.17, 15) is 0 Å². The molecule has 0 aliphatic heterocycles. The summed E-state index contributed by atoms with van der Waals surface area (Å²) in [6.07, 6.45) is 0. The Hall–Kier alpha value is -1.15. The van der Waals surface area contributed by atoms with Gasteiger partial charge in [-0.2, -0.15) is 0 Å². The van der Waals surface area contributed by atoms with Crippen molar-refractivity contribution in [2.75, 3.05) is 61.3 Å². The average Bonchev–Trinajstić information content (AvgIpc) is 2.84. The lowest BCUT2D eigenvalue weighted by molar-refractivity contribution is -0.00875. The Kier molecular flexibility index (Phi) is 13.7. The molecule has 0 spiro atoms. The van der Waals surface area contributed by atoms with E-state index in [1.807, 2.05) is 24.3 Å². The van der Waals surface area contributed by atoms with Gasteiger partial charge >= 0.3 is 0 Å². The highest BCUT2D eigenvalue weighted by Crippen LogP contribution is 2.47. The van der Waals surface area contributed by atoms with Gasteiger partial charge in [0.2, 0.25) is 0 Å². The zero-order valence-electron chi connectivity index (χ0n) is 24.6. The van der Waals surface area contributed by atoms with Gasteiger partial charge in [0.25, 0.3) is 0 Å². The highest BCUT2D eigenvalue weighted by atomic mass is 35.5. The minimum absolute atomic E-state index is 0.0491. The quantitative estimate of drug-likeness (QED) is 0.129. The van der Waals surface area contributed by atoms with Gasteiger partial charge in [-0.15, -0.1) is 0 Å². The molecule has 0 amide bonds. The predicted molar refractivity (Wildman–Crippen MR) is 160 cm³/mol. The number of rotatable bonds is 15. The molecule has 0 radical (unpaired) electrons. The number of halogens is 2. The molecule has 0 N–H and O–H groups in total. The summed E-state index contributed by atoms with van der Waals surface area (Å²) in [4.78, 5) is 0. The highest BCUT2D eigenvalue weighted by molar-refractivity contribution is 7.69. The fraction of sp³-hybridized carbons (Fsp3) is 0.586. The van der Waals surface area contributed by atoms with Gasteiger partial charge in [0, 0.05) is 42.5 Å². The van der Waals surface area contributed by atoms with E-state index < -0.39 is 8.15 Å². The van der Waals surface area contributed by atoms with Gasteiger partial charge in [0.15, 0.2) is 13.6 Å². The van der Waals surface area contributed by atoms with E-state index in [1.165, 1.54) is 0 Å². The molecule has 0 aliphatic carbocycles. The number of hydrogen-bond donors (Lipinski definition) is 0. The van der Waals surface area contributed by atoms with Gasteiger partial charge in [0.05, 0.1) is 45.2 Å². The molecule has 2 aromatic carbocycles. The number of methoxy groups -OCH3 is 2. The van der Waals surface area contributed by atoms with Crippen LogP contribution in [0.25, 0.3) is 0 Å². The topological polar surface area (TPSA) is 64.6 Å². The van der Waals surface area contributed by atoms with Gasteiger partial charge in [-0.05, 0) is 35.1 Å². The lowest BCUT2D eigenvalue weighted by atomic mass is 9.86. The zero-order chi connectivity index (χ0) is 29.2. The van der Waals surface area contributed by atoms with Crippen LogP contribution in [0.1, 0.15) is 52.7 Å². The third kappa shape index (κ3) is 10.0. The van der Waals surface area contributed by atoms with Crippen LogP contribution < -0.4 is 20.1 Å². The molecule has 0 heterocycles. The Morgan fingerprint density at radius 2 is 1.00 bits per heavy atom. The summed E-state index contributed by atoms with van der Waals surface area (Å²) in [5, 5.41) is 2.76. The first-order valence-corrected chi connectivity index (χ1v) is 14.8. The first-order valence-electron chi connectivity index (χ1n) is 12.8. The fourth-order valence-electron chi connectivity index (χ4n) is 3.81. The van der Waals surface area contributed by atoms with Gasteiger partial charge < -0.3 is 32.9 Å². The van der Waals surface area contributed by atoms with E-state index in [1.54, 1.807) is 21.3 Å². The van der Waals surface area contributed by atoms with Gasteiger partial charge in [-0.25, -0.2) is 0 Å². The number of ether oxygens (including phenoxy) is 6. The molecule has 0 saturated heterocycles. The minimum Gasteiger partial charge on any atom is -0.466 e. The van der Waals surface area contributed by atoms with E-state index in [4.69, 9.17) is 56.1 Å². The van der Waals surface area contributed by atoms with Crippen LogP contribution in [-0.2, 0) is 34.3 Å². The van der Waals surface area contributed by atoms with Crippen molar-refractivity contribution in [1.29, 1.82) is 0 Å². The maximum atomic E-state index is 6.69. The molecule has 10 heteroatoms. The standard InChI is InChI=1S/C29H43Cl2O7P/c1-28(2,3)22-14-20(30)16-24(26(22)37-18-35-12-10-32-7)39(34-9)25-17-21(31)15-23(29(4,5)6)27(25)38-19-36-13-11-33-8/h14-17H,10-13,18-19H2,1-9H3. The van der Waals surface area contributed by atoms with Gasteiger partial charge in [-0.1, -0.05) is 64.7 Å². The zero-order valence-corrected chi connectivity index (χ0v) is 27.0. The molecule has 0 unspecified atom stereocenters. The monoisotopic (exact) mass is 604 g/mol. The largest absolute Gasteiger partial charge is 0.466 e. The summed E-state index contributed by atoms with van der Waals surface area (Å²) in [5.74, 6) is 1.33. The van der Waals surface area contributed by atoms with E-state index >= 15 is 0 Å². The van der Waals surface area contributed by atoms with E-state index in [2.05, 4.69) is 41.5 Å². The molecule has 0 aliphatic rings. The van der Waals surface area contributed by atoms with Crippen molar-refractivity contribution in [2.45, 2.75) is 52.4 Å². The third-order valence-electron chi connectivity index (χ3n) is 5.74. The summed E-state index contributed by atoms with van der Waals surface area (Å²) in [6.45, 7) is 14.5. The molecular weight excluding hydrogens is 562 g/mol. The molecule has 7 nitrogen and oxygen atoms in total. The molecule has 2 rings (SSSR count). The van der Waals surface area contributed by atoms with Crippen LogP contribution in [-0.4, -0.2) is 61.3 Å². The van der Waals surface area contributed by atoms with Gasteiger partial charge in [-0.3, -0.25) is 0 Å². The van der Waals surface area contributed by atoms with Crippen LogP contribution in [0.4, 0.5) is 0 Å². The Bertz CT molecular complexity index is 970. The summed E-state index contributed by atoms with van der Waals surface area (Å²) in [7, 11) is 3.44.